The summed E-state index contributed by atoms with van der Waals surface area (Å²) in [7, 11) is 0. The molecule has 0 spiro atoms. The molecule has 2 aliphatic carbocycles. The van der Waals surface area contributed by atoms with Crippen molar-refractivity contribution in [2.75, 3.05) is 0 Å². The van der Waals surface area contributed by atoms with Crippen molar-refractivity contribution >= 4 is 11.8 Å². The maximum Gasteiger partial charge on any atom is 0.235 e. The van der Waals surface area contributed by atoms with Gasteiger partial charge >= 0.3 is 0 Å². The van der Waals surface area contributed by atoms with Crippen molar-refractivity contribution in [3.8, 4) is 0 Å². The Hall–Kier alpha value is -1.14. The maximum atomic E-state index is 13.3. The minimum Gasteiger partial charge on any atom is -0.388 e. The van der Waals surface area contributed by atoms with Crippen LogP contribution in [0.1, 0.15) is 107 Å². The van der Waals surface area contributed by atoms with E-state index in [1.54, 1.807) is 13.8 Å². The summed E-state index contributed by atoms with van der Waals surface area (Å²) in [6.45, 7) is 15.3. The Morgan fingerprint density at radius 1 is 0.645 bits per heavy atom. The highest BCUT2D eigenvalue weighted by Crippen LogP contribution is 2.41. The number of rotatable bonds is 6. The zero-order valence-corrected chi connectivity index (χ0v) is 21.0. The van der Waals surface area contributed by atoms with E-state index >= 15 is 0 Å². The van der Waals surface area contributed by atoms with Crippen LogP contribution in [0.2, 0.25) is 0 Å². The molecule has 0 heterocycles. The van der Waals surface area contributed by atoms with E-state index < -0.39 is 40.5 Å². The number of hydrogen-bond acceptors (Lipinski definition) is 4. The average Bonchev–Trinajstić information content (AvgIpc) is 3.24. The third kappa shape index (κ3) is 5.62. The summed E-state index contributed by atoms with van der Waals surface area (Å²) < 4.78 is 0. The van der Waals surface area contributed by atoms with Gasteiger partial charge in [-0.3, -0.25) is 9.59 Å². The van der Waals surface area contributed by atoms with E-state index in [1.165, 1.54) is 0 Å². The summed E-state index contributed by atoms with van der Waals surface area (Å²) in [5.74, 6) is -0.785. The first-order valence-corrected chi connectivity index (χ1v) is 12.0. The SMILES string of the molecule is CC(C)(C(=O)N[C@H](C(C)(C)C)C1(O)CCCC1)C(=O)N[C@H](C(C)(C)C)C1(O)CCCC1. The van der Waals surface area contributed by atoms with Gasteiger partial charge in [-0.1, -0.05) is 67.2 Å². The molecule has 6 heteroatoms. The van der Waals surface area contributed by atoms with Gasteiger partial charge in [0.15, 0.2) is 0 Å². The van der Waals surface area contributed by atoms with Gasteiger partial charge in [0.25, 0.3) is 0 Å². The number of carbonyl (C=O) groups is 2. The minimum absolute atomic E-state index is 0.353. The van der Waals surface area contributed by atoms with Crippen molar-refractivity contribution in [3.63, 3.8) is 0 Å². The van der Waals surface area contributed by atoms with E-state index in [1.807, 2.05) is 41.5 Å². The molecule has 0 aliphatic heterocycles. The van der Waals surface area contributed by atoms with Crippen molar-refractivity contribution in [2.45, 2.75) is 130 Å². The summed E-state index contributed by atoms with van der Waals surface area (Å²) in [5, 5.41) is 28.5. The van der Waals surface area contributed by atoms with Gasteiger partial charge in [-0.2, -0.15) is 0 Å². The monoisotopic (exact) mass is 438 g/mol. The molecular formula is C25H46N2O4. The largest absolute Gasteiger partial charge is 0.388 e. The highest BCUT2D eigenvalue weighted by molar-refractivity contribution is 6.04. The number of hydrogen-bond donors (Lipinski definition) is 4. The second kappa shape index (κ2) is 8.66. The van der Waals surface area contributed by atoms with Crippen LogP contribution in [0.5, 0.6) is 0 Å². The van der Waals surface area contributed by atoms with Gasteiger partial charge in [-0.05, 0) is 50.4 Å². The fraction of sp³-hybridized carbons (Fsp3) is 0.920. The molecule has 2 fully saturated rings. The second-order valence-electron chi connectivity index (χ2n) is 12.8. The summed E-state index contributed by atoms with van der Waals surface area (Å²) in [5.41, 5.74) is -3.94. The molecule has 0 saturated heterocycles. The number of carbonyl (C=O) groups excluding carboxylic acids is 2. The van der Waals surface area contributed by atoms with Crippen molar-refractivity contribution in [3.05, 3.63) is 0 Å². The molecule has 0 aromatic heterocycles. The molecule has 0 bridgehead atoms. The van der Waals surface area contributed by atoms with E-state index in [9.17, 15) is 19.8 Å². The molecule has 0 unspecified atom stereocenters. The molecule has 2 atom stereocenters. The van der Waals surface area contributed by atoms with E-state index in [2.05, 4.69) is 10.6 Å². The fourth-order valence-electron chi connectivity index (χ4n) is 5.59. The lowest BCUT2D eigenvalue weighted by Gasteiger charge is -2.44. The Kier molecular flexibility index (Phi) is 7.30. The topological polar surface area (TPSA) is 98.7 Å². The molecule has 180 valence electrons. The van der Waals surface area contributed by atoms with Crippen molar-refractivity contribution in [2.24, 2.45) is 16.2 Å². The second-order valence-corrected chi connectivity index (χ2v) is 12.8. The first-order valence-electron chi connectivity index (χ1n) is 12.0. The Balaban J connectivity index is 2.21. The van der Waals surface area contributed by atoms with Gasteiger partial charge in [0, 0.05) is 0 Å². The predicted molar refractivity (Wildman–Crippen MR) is 123 cm³/mol. The van der Waals surface area contributed by atoms with Crippen LogP contribution in [-0.4, -0.2) is 45.3 Å². The summed E-state index contributed by atoms with van der Waals surface area (Å²) >= 11 is 0. The molecule has 0 radical (unpaired) electrons. The van der Waals surface area contributed by atoms with Crippen LogP contribution in [0.4, 0.5) is 0 Å². The lowest BCUT2D eigenvalue weighted by Crippen LogP contribution is -2.64. The first kappa shape index (κ1) is 26.1. The molecular weight excluding hydrogens is 392 g/mol. The van der Waals surface area contributed by atoms with Gasteiger partial charge in [0.1, 0.15) is 5.41 Å². The number of nitrogens with one attached hydrogen (secondary N) is 2. The first-order chi connectivity index (χ1) is 13.9. The quantitative estimate of drug-likeness (QED) is 0.475. The molecule has 2 saturated carbocycles. The van der Waals surface area contributed by atoms with Crippen molar-refractivity contribution in [1.29, 1.82) is 0 Å². The summed E-state index contributed by atoms with van der Waals surface area (Å²) in [6, 6.07) is -0.890. The van der Waals surface area contributed by atoms with Gasteiger partial charge in [0.2, 0.25) is 11.8 Å². The zero-order chi connectivity index (χ0) is 23.9. The smallest absolute Gasteiger partial charge is 0.235 e. The molecule has 31 heavy (non-hydrogen) atoms. The van der Waals surface area contributed by atoms with E-state index in [0.29, 0.717) is 25.7 Å². The zero-order valence-electron chi connectivity index (χ0n) is 21.0. The third-order valence-corrected chi connectivity index (χ3v) is 7.43. The molecule has 2 aliphatic rings. The molecule has 4 N–H and O–H groups in total. The van der Waals surface area contributed by atoms with Crippen LogP contribution in [0, 0.1) is 16.2 Å². The average molecular weight is 439 g/mol. The lowest BCUT2D eigenvalue weighted by atomic mass is 9.73. The van der Waals surface area contributed by atoms with Crippen LogP contribution in [-0.2, 0) is 9.59 Å². The molecule has 0 aromatic carbocycles. The van der Waals surface area contributed by atoms with E-state index in [4.69, 9.17) is 0 Å². The van der Waals surface area contributed by atoms with Crippen LogP contribution >= 0.6 is 0 Å². The van der Waals surface area contributed by atoms with Gasteiger partial charge in [-0.25, -0.2) is 0 Å². The van der Waals surface area contributed by atoms with E-state index in [0.717, 1.165) is 25.7 Å². The van der Waals surface area contributed by atoms with E-state index in [-0.39, 0.29) is 10.8 Å². The van der Waals surface area contributed by atoms with Crippen molar-refractivity contribution < 1.29 is 19.8 Å². The van der Waals surface area contributed by atoms with Crippen LogP contribution in [0.3, 0.4) is 0 Å². The molecule has 2 rings (SSSR count). The summed E-state index contributed by atoms with van der Waals surface area (Å²) in [4.78, 5) is 26.7. The molecule has 6 nitrogen and oxygen atoms in total. The van der Waals surface area contributed by atoms with Gasteiger partial charge in [0.05, 0.1) is 23.3 Å². The highest BCUT2D eigenvalue weighted by Gasteiger charge is 2.51. The van der Waals surface area contributed by atoms with Crippen LogP contribution < -0.4 is 10.6 Å². The van der Waals surface area contributed by atoms with Gasteiger partial charge < -0.3 is 20.8 Å². The van der Waals surface area contributed by atoms with Crippen LogP contribution in [0.25, 0.3) is 0 Å². The predicted octanol–water partition coefficient (Wildman–Crippen LogP) is 3.68. The van der Waals surface area contributed by atoms with Gasteiger partial charge in [-0.15, -0.1) is 0 Å². The number of aliphatic hydroxyl groups is 2. The normalized spacial score (nSPS) is 23.3. The lowest BCUT2D eigenvalue weighted by molar-refractivity contribution is -0.147. The Bertz CT molecular complexity index is 604. The Labute approximate surface area is 188 Å². The fourth-order valence-corrected chi connectivity index (χ4v) is 5.59. The highest BCUT2D eigenvalue weighted by atomic mass is 16.3. The van der Waals surface area contributed by atoms with Crippen molar-refractivity contribution in [1.82, 2.24) is 10.6 Å². The molecule has 0 aromatic rings. The van der Waals surface area contributed by atoms with Crippen LogP contribution in [0.15, 0.2) is 0 Å². The number of amides is 2. The Morgan fingerprint density at radius 2 is 0.903 bits per heavy atom. The standard InChI is InChI=1S/C25H46N2O4/c1-21(2,3)17(24(30)13-9-10-14-24)26-19(28)23(7,8)20(29)27-18(22(4,5)6)25(31)15-11-12-16-25/h17-18,30-31H,9-16H2,1-8H3,(H,26,28)(H,27,29)/t17-,18-/m1/s1. The third-order valence-electron chi connectivity index (χ3n) is 7.43. The summed E-state index contributed by atoms with van der Waals surface area (Å²) in [6.07, 6.45) is 6.37. The molecule has 2 amide bonds. The minimum atomic E-state index is -1.34. The maximum absolute atomic E-state index is 13.3. The Morgan fingerprint density at radius 3 is 1.13 bits per heavy atom.